The van der Waals surface area contributed by atoms with Gasteiger partial charge >= 0.3 is 0 Å². The highest BCUT2D eigenvalue weighted by Gasteiger charge is 2.18. The molecule has 3 aromatic heterocycles. The van der Waals surface area contributed by atoms with Crippen molar-refractivity contribution in [2.24, 2.45) is 5.92 Å². The average molecular weight is 521 g/mol. The molecule has 8 heteroatoms. The molecule has 0 unspecified atom stereocenters. The zero-order valence-electron chi connectivity index (χ0n) is 22.0. The first-order valence-electron chi connectivity index (χ1n) is 12.7. The number of anilines is 1. The Bertz CT molecular complexity index is 1690. The quantitative estimate of drug-likeness (QED) is 0.191. The van der Waals surface area contributed by atoms with Crippen LogP contribution in [-0.2, 0) is 4.79 Å². The molecule has 39 heavy (non-hydrogen) atoms. The van der Waals surface area contributed by atoms with Gasteiger partial charge in [-0.2, -0.15) is 5.10 Å². The Morgan fingerprint density at radius 3 is 2.64 bits per heavy atom. The number of carbonyl (C=O) groups excluding carboxylic acids is 1. The molecule has 0 fully saturated rings. The Morgan fingerprint density at radius 2 is 1.90 bits per heavy atom. The van der Waals surface area contributed by atoms with Gasteiger partial charge in [0.15, 0.2) is 5.82 Å². The summed E-state index contributed by atoms with van der Waals surface area (Å²) in [7, 11) is 0. The summed E-state index contributed by atoms with van der Waals surface area (Å²) in [5.41, 5.74) is 7.23. The van der Waals surface area contributed by atoms with Crippen LogP contribution in [0.15, 0.2) is 79.7 Å². The fraction of sp³-hybridized carbons (Fsp3) is 0.161. The van der Waals surface area contributed by atoms with Gasteiger partial charge in [0.25, 0.3) is 0 Å². The van der Waals surface area contributed by atoms with Crippen LogP contribution < -0.4 is 5.32 Å². The molecule has 0 saturated carbocycles. The number of pyridine rings is 1. The van der Waals surface area contributed by atoms with Crippen LogP contribution in [0.3, 0.4) is 0 Å². The summed E-state index contributed by atoms with van der Waals surface area (Å²) < 4.78 is 13.5. The molecule has 5 aromatic rings. The number of imidazole rings is 1. The lowest BCUT2D eigenvalue weighted by molar-refractivity contribution is -0.116. The number of halogens is 1. The minimum Gasteiger partial charge on any atom is -0.340 e. The predicted octanol–water partition coefficient (Wildman–Crippen LogP) is 7.06. The van der Waals surface area contributed by atoms with Gasteiger partial charge < -0.3 is 10.3 Å². The van der Waals surface area contributed by atoms with Crippen LogP contribution in [0.4, 0.5) is 10.1 Å². The second-order valence-corrected chi connectivity index (χ2v) is 9.82. The molecular weight excluding hydrogens is 491 g/mol. The van der Waals surface area contributed by atoms with Crippen molar-refractivity contribution in [3.05, 3.63) is 102 Å². The minimum atomic E-state index is -0.298. The monoisotopic (exact) mass is 520 g/mol. The summed E-state index contributed by atoms with van der Waals surface area (Å²) in [6.45, 7) is 9.79. The number of H-pyrrole nitrogens is 2. The number of aryl methyl sites for hydroxylation is 1. The van der Waals surface area contributed by atoms with Crippen molar-refractivity contribution >= 4 is 28.1 Å². The van der Waals surface area contributed by atoms with Crippen LogP contribution in [-0.4, -0.2) is 31.1 Å². The number of aromatic nitrogens is 5. The minimum absolute atomic E-state index is 0.0361. The van der Waals surface area contributed by atoms with E-state index in [-0.39, 0.29) is 17.6 Å². The molecule has 0 aliphatic carbocycles. The number of hydrogen-bond acceptors (Lipinski definition) is 4. The van der Waals surface area contributed by atoms with E-state index in [2.05, 4.69) is 32.1 Å². The summed E-state index contributed by atoms with van der Waals surface area (Å²) in [5, 5.41) is 11.5. The smallest absolute Gasteiger partial charge is 0.224 e. The van der Waals surface area contributed by atoms with Gasteiger partial charge in [-0.05, 0) is 54.3 Å². The Hall–Kier alpha value is -4.85. The lowest BCUT2D eigenvalue weighted by Crippen LogP contribution is -2.13. The number of benzene rings is 2. The number of allylic oxidation sites excluding steroid dienone is 2. The second kappa shape index (κ2) is 10.9. The number of amides is 1. The molecule has 0 saturated heterocycles. The van der Waals surface area contributed by atoms with E-state index in [4.69, 9.17) is 4.98 Å². The van der Waals surface area contributed by atoms with Crippen LogP contribution >= 0.6 is 0 Å². The standard InChI is InChI=1S/C31H29FN6O/c1-5-6-25(20-7-10-23(32)11-8-20)29-19(4)34-31(36-29)30-26-15-21(9-12-27(26)37-38-30)22-14-24(17-33-16-22)35-28(39)13-18(2)3/h5-12,14-18H,1,13H2,2-4H3,(H,34,36)(H,35,39)(H,37,38)/b25-6-. The van der Waals surface area contributed by atoms with Crippen molar-refractivity contribution in [1.82, 2.24) is 25.1 Å². The lowest BCUT2D eigenvalue weighted by atomic mass is 10.0. The number of nitrogens with one attached hydrogen (secondary N) is 3. The molecule has 0 aliphatic heterocycles. The Morgan fingerprint density at radius 1 is 1.10 bits per heavy atom. The maximum absolute atomic E-state index is 13.5. The number of nitrogens with zero attached hydrogens (tertiary/aromatic N) is 3. The first kappa shape index (κ1) is 25.8. The SMILES string of the molecule is C=C/C=C(/c1ccc(F)cc1)c1nc(-c2n[nH]c3ccc(-c4cncc(NC(=O)CC(C)C)c4)cc23)[nH]c1C. The van der Waals surface area contributed by atoms with Crippen molar-refractivity contribution in [1.29, 1.82) is 0 Å². The molecule has 0 atom stereocenters. The molecule has 0 radical (unpaired) electrons. The zero-order valence-corrected chi connectivity index (χ0v) is 22.0. The van der Waals surface area contributed by atoms with Crippen LogP contribution in [0, 0.1) is 18.7 Å². The van der Waals surface area contributed by atoms with Crippen molar-refractivity contribution in [3.63, 3.8) is 0 Å². The number of hydrogen-bond donors (Lipinski definition) is 3. The normalized spacial score (nSPS) is 11.8. The fourth-order valence-electron chi connectivity index (χ4n) is 4.52. The van der Waals surface area contributed by atoms with Crippen molar-refractivity contribution < 1.29 is 9.18 Å². The Kier molecular flexibility index (Phi) is 7.19. The van der Waals surface area contributed by atoms with E-state index in [1.807, 2.05) is 51.1 Å². The predicted molar refractivity (Wildman–Crippen MR) is 153 cm³/mol. The molecule has 3 heterocycles. The Labute approximate surface area is 225 Å². The van der Waals surface area contributed by atoms with E-state index in [1.54, 1.807) is 30.6 Å². The van der Waals surface area contributed by atoms with Crippen molar-refractivity contribution in [2.45, 2.75) is 27.2 Å². The van der Waals surface area contributed by atoms with Gasteiger partial charge in [0.1, 0.15) is 11.5 Å². The van der Waals surface area contributed by atoms with Gasteiger partial charge in [0, 0.05) is 34.8 Å². The maximum Gasteiger partial charge on any atom is 0.224 e. The molecule has 0 spiro atoms. The van der Waals surface area contributed by atoms with E-state index < -0.39 is 0 Å². The summed E-state index contributed by atoms with van der Waals surface area (Å²) in [6.07, 6.45) is 7.41. The van der Waals surface area contributed by atoms with Crippen molar-refractivity contribution in [2.75, 3.05) is 5.32 Å². The molecule has 2 aromatic carbocycles. The number of fused-ring (bicyclic) bond motifs is 1. The van der Waals surface area contributed by atoms with Gasteiger partial charge in [0.05, 0.1) is 23.1 Å². The molecule has 0 bridgehead atoms. The van der Waals surface area contributed by atoms with Crippen molar-refractivity contribution in [3.8, 4) is 22.6 Å². The molecule has 196 valence electrons. The van der Waals surface area contributed by atoms with Gasteiger partial charge in [-0.3, -0.25) is 14.9 Å². The molecule has 7 nitrogen and oxygen atoms in total. The molecule has 3 N–H and O–H groups in total. The highest BCUT2D eigenvalue weighted by Crippen LogP contribution is 2.32. The maximum atomic E-state index is 13.5. The average Bonchev–Trinajstić information content (AvgIpc) is 3.50. The Balaban J connectivity index is 1.50. The summed E-state index contributed by atoms with van der Waals surface area (Å²) in [5.74, 6) is 0.545. The topological polar surface area (TPSA) is 99.3 Å². The largest absolute Gasteiger partial charge is 0.340 e. The molecule has 5 rings (SSSR count). The van der Waals surface area contributed by atoms with Gasteiger partial charge in [-0.25, -0.2) is 9.37 Å². The van der Waals surface area contributed by atoms with Gasteiger partial charge in [-0.1, -0.05) is 50.8 Å². The highest BCUT2D eigenvalue weighted by molar-refractivity contribution is 5.95. The summed E-state index contributed by atoms with van der Waals surface area (Å²) in [4.78, 5) is 24.8. The molecular formula is C31H29FN6O. The van der Waals surface area contributed by atoms with E-state index >= 15 is 0 Å². The van der Waals surface area contributed by atoms with Crippen LogP contribution in [0.1, 0.15) is 37.2 Å². The van der Waals surface area contributed by atoms with Crippen LogP contribution in [0.2, 0.25) is 0 Å². The van der Waals surface area contributed by atoms with E-state index in [1.165, 1.54) is 12.1 Å². The first-order valence-corrected chi connectivity index (χ1v) is 12.7. The number of carbonyl (C=O) groups is 1. The summed E-state index contributed by atoms with van der Waals surface area (Å²) in [6, 6.07) is 14.2. The third-order valence-electron chi connectivity index (χ3n) is 6.32. The van der Waals surface area contributed by atoms with Gasteiger partial charge in [-0.15, -0.1) is 0 Å². The third-order valence-corrected chi connectivity index (χ3v) is 6.32. The summed E-state index contributed by atoms with van der Waals surface area (Å²) >= 11 is 0. The zero-order chi connectivity index (χ0) is 27.5. The van der Waals surface area contributed by atoms with E-state index in [0.29, 0.717) is 23.6 Å². The highest BCUT2D eigenvalue weighted by atomic mass is 19.1. The van der Waals surface area contributed by atoms with Crippen LogP contribution in [0.25, 0.3) is 39.1 Å². The second-order valence-electron chi connectivity index (χ2n) is 9.82. The van der Waals surface area contributed by atoms with Gasteiger partial charge in [0.2, 0.25) is 5.91 Å². The lowest BCUT2D eigenvalue weighted by Gasteiger charge is -2.09. The third kappa shape index (κ3) is 5.55. The fourth-order valence-corrected chi connectivity index (χ4v) is 4.52. The van der Waals surface area contributed by atoms with E-state index in [0.717, 1.165) is 44.6 Å². The molecule has 0 aliphatic rings. The van der Waals surface area contributed by atoms with Crippen LogP contribution in [0.5, 0.6) is 0 Å². The molecule has 1 amide bonds. The first-order chi connectivity index (χ1) is 18.8. The number of rotatable bonds is 8. The van der Waals surface area contributed by atoms with E-state index in [9.17, 15) is 9.18 Å². The number of aromatic amines is 2.